The zero-order chi connectivity index (χ0) is 23.2. The summed E-state index contributed by atoms with van der Waals surface area (Å²) in [5, 5.41) is 0.780. The molecule has 0 saturated carbocycles. The number of fused-ring (bicyclic) bond motifs is 1. The van der Waals surface area contributed by atoms with Crippen molar-refractivity contribution in [3.8, 4) is 0 Å². The smallest absolute Gasteiger partial charge is 0.265 e. The molecule has 0 aliphatic rings. The van der Waals surface area contributed by atoms with Crippen LogP contribution in [0.5, 0.6) is 0 Å². The quantitative estimate of drug-likeness (QED) is 0.379. The predicted molar refractivity (Wildman–Crippen MR) is 132 cm³/mol. The summed E-state index contributed by atoms with van der Waals surface area (Å²) >= 11 is 0. The summed E-state index contributed by atoms with van der Waals surface area (Å²) in [5.74, 6) is -0.235. The highest BCUT2D eigenvalue weighted by atomic mass is 16.2. The molecule has 2 aromatic heterocycles. The number of hydrogen-bond acceptors (Lipinski definition) is 3. The summed E-state index contributed by atoms with van der Waals surface area (Å²) in [7, 11) is 0. The molecule has 2 aromatic carbocycles. The number of amides is 1. The topological polar surface area (TPSA) is 55.2 Å². The van der Waals surface area contributed by atoms with Gasteiger partial charge in [0.15, 0.2) is 0 Å². The summed E-state index contributed by atoms with van der Waals surface area (Å²) in [5.41, 5.74) is 3.67. The van der Waals surface area contributed by atoms with Gasteiger partial charge < -0.3 is 4.90 Å². The van der Waals surface area contributed by atoms with Gasteiger partial charge in [0.25, 0.3) is 11.5 Å². The SMILES string of the molecule is CCCCN(Cc1ccccc1)C(=O)c1cc2cccnc2n(Cc2ccc(C)cc2)c1=O. The number of rotatable bonds is 8. The van der Waals surface area contributed by atoms with E-state index in [4.69, 9.17) is 0 Å². The molecule has 5 heteroatoms. The number of benzene rings is 2. The van der Waals surface area contributed by atoms with Gasteiger partial charge in [-0.3, -0.25) is 14.2 Å². The van der Waals surface area contributed by atoms with Gasteiger partial charge in [-0.15, -0.1) is 0 Å². The minimum Gasteiger partial charge on any atom is -0.334 e. The standard InChI is InChI=1S/C28H29N3O2/c1-3-4-17-30(19-22-9-6-5-7-10-22)27(32)25-18-24-11-8-16-29-26(24)31(28(25)33)20-23-14-12-21(2)13-15-23/h5-16,18H,3-4,17,19-20H2,1-2H3. The van der Waals surface area contributed by atoms with Crippen molar-refractivity contribution in [3.63, 3.8) is 0 Å². The summed E-state index contributed by atoms with van der Waals surface area (Å²) in [6.07, 6.45) is 3.53. The van der Waals surface area contributed by atoms with Crippen LogP contribution < -0.4 is 5.56 Å². The number of carbonyl (C=O) groups excluding carboxylic acids is 1. The number of nitrogens with zero attached hydrogens (tertiary/aromatic N) is 3. The molecule has 0 bridgehead atoms. The molecule has 4 rings (SSSR count). The van der Waals surface area contributed by atoms with Crippen molar-refractivity contribution in [2.75, 3.05) is 6.54 Å². The first kappa shape index (κ1) is 22.5. The van der Waals surface area contributed by atoms with Crippen molar-refractivity contribution in [3.05, 3.63) is 112 Å². The molecule has 5 nitrogen and oxygen atoms in total. The number of carbonyl (C=O) groups is 1. The van der Waals surface area contributed by atoms with E-state index in [1.54, 1.807) is 21.7 Å². The fourth-order valence-corrected chi connectivity index (χ4v) is 3.96. The molecule has 168 valence electrons. The van der Waals surface area contributed by atoms with Crippen LogP contribution >= 0.6 is 0 Å². The Balaban J connectivity index is 1.76. The van der Waals surface area contributed by atoms with E-state index in [2.05, 4.69) is 11.9 Å². The van der Waals surface area contributed by atoms with Gasteiger partial charge in [-0.1, -0.05) is 73.5 Å². The first-order valence-corrected chi connectivity index (χ1v) is 11.4. The summed E-state index contributed by atoms with van der Waals surface area (Å²) < 4.78 is 1.62. The first-order valence-electron chi connectivity index (χ1n) is 11.4. The van der Waals surface area contributed by atoms with Crippen molar-refractivity contribution in [2.24, 2.45) is 0 Å². The average molecular weight is 440 g/mol. The maximum atomic E-state index is 13.7. The number of pyridine rings is 2. The van der Waals surface area contributed by atoms with E-state index in [0.29, 0.717) is 25.3 Å². The molecule has 0 saturated heterocycles. The van der Waals surface area contributed by atoms with E-state index < -0.39 is 0 Å². The van der Waals surface area contributed by atoms with Crippen LogP contribution in [0.4, 0.5) is 0 Å². The van der Waals surface area contributed by atoms with Crippen LogP contribution in [-0.4, -0.2) is 26.9 Å². The largest absolute Gasteiger partial charge is 0.334 e. The Morgan fingerprint density at radius 3 is 2.45 bits per heavy atom. The van der Waals surface area contributed by atoms with Crippen LogP contribution in [0, 0.1) is 6.92 Å². The molecule has 0 aliphatic heterocycles. The minimum atomic E-state index is -0.304. The van der Waals surface area contributed by atoms with Crippen molar-refractivity contribution in [2.45, 2.75) is 39.8 Å². The second kappa shape index (κ2) is 10.3. The fraction of sp³-hybridized carbons (Fsp3) is 0.250. The molecule has 0 unspecified atom stereocenters. The molecule has 0 radical (unpaired) electrons. The van der Waals surface area contributed by atoms with Gasteiger partial charge in [-0.2, -0.15) is 0 Å². The molecule has 1 amide bonds. The molecular formula is C28H29N3O2. The molecule has 0 spiro atoms. The highest BCUT2D eigenvalue weighted by Gasteiger charge is 2.22. The first-order chi connectivity index (χ1) is 16.1. The number of hydrogen-bond donors (Lipinski definition) is 0. The van der Waals surface area contributed by atoms with Crippen LogP contribution in [0.2, 0.25) is 0 Å². The normalized spacial score (nSPS) is 11.0. The Morgan fingerprint density at radius 1 is 0.970 bits per heavy atom. The molecule has 4 aromatic rings. The highest BCUT2D eigenvalue weighted by molar-refractivity contribution is 5.97. The van der Waals surface area contributed by atoms with Gasteiger partial charge in [-0.05, 0) is 42.7 Å². The lowest BCUT2D eigenvalue weighted by Crippen LogP contribution is -2.37. The van der Waals surface area contributed by atoms with Crippen LogP contribution in [0.1, 0.15) is 46.8 Å². The van der Waals surface area contributed by atoms with Gasteiger partial charge >= 0.3 is 0 Å². The zero-order valence-electron chi connectivity index (χ0n) is 19.2. The van der Waals surface area contributed by atoms with Crippen molar-refractivity contribution >= 4 is 16.9 Å². The van der Waals surface area contributed by atoms with Crippen LogP contribution in [-0.2, 0) is 13.1 Å². The van der Waals surface area contributed by atoms with E-state index in [1.165, 1.54) is 0 Å². The van der Waals surface area contributed by atoms with E-state index in [-0.39, 0.29) is 17.0 Å². The Labute approximate surface area is 194 Å². The molecule has 0 atom stereocenters. The lowest BCUT2D eigenvalue weighted by atomic mass is 10.1. The van der Waals surface area contributed by atoms with Gasteiger partial charge in [0.05, 0.1) is 6.54 Å². The second-order valence-electron chi connectivity index (χ2n) is 8.42. The average Bonchev–Trinajstić information content (AvgIpc) is 2.84. The van der Waals surface area contributed by atoms with Crippen molar-refractivity contribution < 1.29 is 4.79 Å². The third-order valence-electron chi connectivity index (χ3n) is 5.82. The van der Waals surface area contributed by atoms with Crippen LogP contribution in [0.15, 0.2) is 83.8 Å². The summed E-state index contributed by atoms with van der Waals surface area (Å²) in [6.45, 7) is 5.57. The number of unbranched alkanes of at least 4 members (excludes halogenated alkanes) is 1. The van der Waals surface area contributed by atoms with E-state index in [0.717, 1.165) is 34.9 Å². The fourth-order valence-electron chi connectivity index (χ4n) is 3.96. The molecule has 0 fully saturated rings. The predicted octanol–water partition coefficient (Wildman–Crippen LogP) is 5.20. The third-order valence-corrected chi connectivity index (χ3v) is 5.82. The van der Waals surface area contributed by atoms with Crippen LogP contribution in [0.3, 0.4) is 0 Å². The Bertz CT molecular complexity index is 1290. The third kappa shape index (κ3) is 5.20. The van der Waals surface area contributed by atoms with Gasteiger partial charge in [-0.25, -0.2) is 4.98 Å². The zero-order valence-corrected chi connectivity index (χ0v) is 19.2. The molecule has 0 aliphatic carbocycles. The molecular weight excluding hydrogens is 410 g/mol. The minimum absolute atomic E-state index is 0.189. The maximum absolute atomic E-state index is 13.7. The van der Waals surface area contributed by atoms with E-state index in [9.17, 15) is 9.59 Å². The summed E-state index contributed by atoms with van der Waals surface area (Å²) in [6, 6.07) is 23.4. The van der Waals surface area contributed by atoms with Gasteiger partial charge in [0.2, 0.25) is 0 Å². The van der Waals surface area contributed by atoms with Crippen molar-refractivity contribution in [1.82, 2.24) is 14.5 Å². The molecule has 2 heterocycles. The Hall–Kier alpha value is -3.73. The second-order valence-corrected chi connectivity index (χ2v) is 8.42. The van der Waals surface area contributed by atoms with Gasteiger partial charge in [0, 0.05) is 24.7 Å². The lowest BCUT2D eigenvalue weighted by Gasteiger charge is -2.23. The highest BCUT2D eigenvalue weighted by Crippen LogP contribution is 2.16. The van der Waals surface area contributed by atoms with Crippen LogP contribution in [0.25, 0.3) is 11.0 Å². The van der Waals surface area contributed by atoms with E-state index in [1.807, 2.05) is 73.7 Å². The Kier molecular flexibility index (Phi) is 6.98. The summed E-state index contributed by atoms with van der Waals surface area (Å²) in [4.78, 5) is 33.5. The number of aryl methyl sites for hydroxylation is 1. The Morgan fingerprint density at radius 2 is 1.73 bits per heavy atom. The van der Waals surface area contributed by atoms with E-state index >= 15 is 0 Å². The number of aromatic nitrogens is 2. The van der Waals surface area contributed by atoms with Gasteiger partial charge in [0.1, 0.15) is 11.2 Å². The molecule has 33 heavy (non-hydrogen) atoms. The van der Waals surface area contributed by atoms with Crippen molar-refractivity contribution in [1.29, 1.82) is 0 Å². The maximum Gasteiger partial charge on any atom is 0.265 e. The monoisotopic (exact) mass is 439 g/mol. The lowest BCUT2D eigenvalue weighted by molar-refractivity contribution is 0.0738. The molecule has 0 N–H and O–H groups in total.